The van der Waals surface area contributed by atoms with Crippen molar-refractivity contribution in [2.75, 3.05) is 31.6 Å². The molecule has 10 nitrogen and oxygen atoms in total. The molecule has 0 radical (unpaired) electrons. The average Bonchev–Trinajstić information content (AvgIpc) is 3.07. The summed E-state index contributed by atoms with van der Waals surface area (Å²) in [6, 6.07) is 15.1. The predicted octanol–water partition coefficient (Wildman–Crippen LogP) is 4.92. The summed E-state index contributed by atoms with van der Waals surface area (Å²) >= 11 is 0. The second-order valence-corrected chi connectivity index (χ2v) is 13.8. The van der Waals surface area contributed by atoms with E-state index in [4.69, 9.17) is 4.74 Å². The van der Waals surface area contributed by atoms with E-state index >= 15 is 0 Å². The number of amides is 3. The molecule has 48 heavy (non-hydrogen) atoms. The van der Waals surface area contributed by atoms with E-state index in [0.29, 0.717) is 36.7 Å². The van der Waals surface area contributed by atoms with Crippen molar-refractivity contribution >= 4 is 24.2 Å². The van der Waals surface area contributed by atoms with E-state index < -0.39 is 6.04 Å². The lowest BCUT2D eigenvalue weighted by Crippen LogP contribution is -2.51. The third-order valence-corrected chi connectivity index (χ3v) is 10.8. The van der Waals surface area contributed by atoms with Crippen LogP contribution in [0.2, 0.25) is 0 Å². The monoisotopic (exact) mass is 648 g/mol. The normalized spacial score (nSPS) is 22.1. The van der Waals surface area contributed by atoms with Gasteiger partial charge in [0.05, 0.1) is 13.2 Å². The summed E-state index contributed by atoms with van der Waals surface area (Å²) in [6.07, 6.45) is 8.29. The number of carbonyl (C=O) groups excluding carboxylic acids is 3. The number of aromatic nitrogens is 2. The van der Waals surface area contributed by atoms with E-state index in [9.17, 15) is 14.4 Å². The Morgan fingerprint density at radius 2 is 1.69 bits per heavy atom. The average molecular weight is 649 g/mol. The van der Waals surface area contributed by atoms with Gasteiger partial charge in [0, 0.05) is 49.4 Å². The lowest BCUT2D eigenvalue weighted by molar-refractivity contribution is -0.141. The molecular weight excluding hydrogens is 604 g/mol. The Hall–Kier alpha value is -4.41. The first-order valence-electron chi connectivity index (χ1n) is 17.2. The van der Waals surface area contributed by atoms with Crippen molar-refractivity contribution in [2.24, 2.45) is 0 Å². The van der Waals surface area contributed by atoms with Gasteiger partial charge in [-0.2, -0.15) is 0 Å². The number of rotatable bonds is 11. The number of benzene rings is 2. The molecule has 2 unspecified atom stereocenters. The second kappa shape index (κ2) is 14.0. The van der Waals surface area contributed by atoms with Gasteiger partial charge in [0.15, 0.2) is 0 Å². The van der Waals surface area contributed by atoms with Crippen molar-refractivity contribution in [1.29, 1.82) is 0 Å². The molecule has 0 bridgehead atoms. The first kappa shape index (κ1) is 32.2. The minimum atomic E-state index is -0.611. The van der Waals surface area contributed by atoms with Crippen LogP contribution in [0.15, 0.2) is 66.1 Å². The summed E-state index contributed by atoms with van der Waals surface area (Å²) in [5.41, 5.74) is 9.82. The highest BCUT2D eigenvalue weighted by molar-refractivity contribution is 6.00. The Morgan fingerprint density at radius 1 is 0.958 bits per heavy atom. The number of likely N-dealkylation sites (tertiary alicyclic amines) is 1. The zero-order chi connectivity index (χ0) is 33.2. The number of ether oxygens (including phenoxy) is 1. The summed E-state index contributed by atoms with van der Waals surface area (Å²) in [5, 5.41) is 5.79. The number of hydrogen-bond donors (Lipinski definition) is 2. The highest BCUT2D eigenvalue weighted by Crippen LogP contribution is 2.42. The summed E-state index contributed by atoms with van der Waals surface area (Å²) in [5.74, 6) is 1.30. The fourth-order valence-electron chi connectivity index (χ4n) is 7.36. The van der Waals surface area contributed by atoms with Crippen LogP contribution in [0.25, 0.3) is 0 Å². The number of piperidine rings is 2. The van der Waals surface area contributed by atoms with E-state index in [2.05, 4.69) is 74.9 Å². The highest BCUT2D eigenvalue weighted by atomic mass is 16.5. The molecule has 3 fully saturated rings. The van der Waals surface area contributed by atoms with Gasteiger partial charge in [-0.3, -0.25) is 24.6 Å². The lowest BCUT2D eigenvalue weighted by atomic mass is 9.77. The predicted molar refractivity (Wildman–Crippen MR) is 182 cm³/mol. The first-order valence-corrected chi connectivity index (χ1v) is 17.2. The summed E-state index contributed by atoms with van der Waals surface area (Å²) in [6.45, 7) is 9.12. The largest absolute Gasteiger partial charge is 0.380 e. The van der Waals surface area contributed by atoms with Crippen molar-refractivity contribution in [2.45, 2.75) is 82.8 Å². The molecule has 2 atom stereocenters. The molecule has 2 aromatic carbocycles. The van der Waals surface area contributed by atoms with E-state index in [1.165, 1.54) is 32.9 Å². The summed E-state index contributed by atoms with van der Waals surface area (Å²) in [4.78, 5) is 49.0. The van der Waals surface area contributed by atoms with Crippen molar-refractivity contribution < 1.29 is 19.1 Å². The zero-order valence-electron chi connectivity index (χ0n) is 27.8. The Labute approximate surface area is 282 Å². The van der Waals surface area contributed by atoms with Crippen LogP contribution in [-0.4, -0.2) is 70.3 Å². The van der Waals surface area contributed by atoms with Crippen LogP contribution in [0.4, 0.5) is 5.95 Å². The molecule has 10 heteroatoms. The third kappa shape index (κ3) is 6.91. The van der Waals surface area contributed by atoms with E-state index in [1.54, 1.807) is 0 Å². The fraction of sp³-hybridized carbons (Fsp3) is 0.447. The number of nitrogens with one attached hydrogen (secondary N) is 2. The zero-order valence-corrected chi connectivity index (χ0v) is 27.8. The molecule has 4 heterocycles. The van der Waals surface area contributed by atoms with Crippen molar-refractivity contribution in [1.82, 2.24) is 25.1 Å². The first-order chi connectivity index (χ1) is 23.3. The number of anilines is 1. The van der Waals surface area contributed by atoms with Gasteiger partial charge in [0.2, 0.25) is 24.2 Å². The number of nitrogens with zero attached hydrogens (tertiary/aromatic N) is 4. The molecule has 3 amide bonds. The smallest absolute Gasteiger partial charge is 0.249 e. The maximum absolute atomic E-state index is 12.4. The minimum absolute atomic E-state index is 0.252. The maximum Gasteiger partial charge on any atom is 0.249 e. The van der Waals surface area contributed by atoms with Crippen LogP contribution in [0.1, 0.15) is 90.2 Å². The van der Waals surface area contributed by atoms with Gasteiger partial charge in [-0.1, -0.05) is 42.5 Å². The molecule has 1 aliphatic carbocycles. The molecule has 250 valence electrons. The molecular formula is C38H44N6O4. The van der Waals surface area contributed by atoms with Gasteiger partial charge in [0.25, 0.3) is 0 Å². The Morgan fingerprint density at radius 3 is 2.33 bits per heavy atom. The second-order valence-electron chi connectivity index (χ2n) is 13.8. The maximum atomic E-state index is 12.4. The number of aryl methyl sites for hydroxylation is 1. The van der Waals surface area contributed by atoms with Crippen LogP contribution in [-0.2, 0) is 32.2 Å². The van der Waals surface area contributed by atoms with Crippen LogP contribution >= 0.6 is 0 Å². The number of carbonyl (C=O) groups is 3. The van der Waals surface area contributed by atoms with Crippen molar-refractivity contribution in [3.63, 3.8) is 0 Å². The number of allylic oxidation sites excluding steroid dienone is 2. The van der Waals surface area contributed by atoms with Gasteiger partial charge in [-0.05, 0) is 97.5 Å². The highest BCUT2D eigenvalue weighted by Gasteiger charge is 2.32. The molecule has 1 aromatic heterocycles. The Bertz CT molecular complexity index is 1690. The summed E-state index contributed by atoms with van der Waals surface area (Å²) in [7, 11) is 0. The fourth-order valence-corrected chi connectivity index (χ4v) is 7.36. The van der Waals surface area contributed by atoms with Gasteiger partial charge in [-0.15, -0.1) is 0 Å². The van der Waals surface area contributed by atoms with Crippen molar-refractivity contribution in [3.05, 3.63) is 99.5 Å². The molecule has 3 aromatic rings. The molecule has 7 rings (SSSR count). The Balaban J connectivity index is 0.898. The minimum Gasteiger partial charge on any atom is -0.380 e. The van der Waals surface area contributed by atoms with Crippen LogP contribution < -0.4 is 10.6 Å². The van der Waals surface area contributed by atoms with E-state index in [0.717, 1.165) is 75.2 Å². The van der Waals surface area contributed by atoms with Gasteiger partial charge >= 0.3 is 0 Å². The standard InChI is InChI=1S/C38H44N6O4/c1-24-3-6-29(15-30(24)20-44(23-45)35-9-10-36(46)42-37(35)47)27-11-13-43(14-12-27)19-26-4-7-28(8-5-26)33-16-34(25(33)2)41-38-39-17-31(18-40-38)32-21-48-22-32/h3-8,15,17-18,23,27,32-33,35H,9-14,16,19-22H2,1-2H3,(H,39,40,41)(H,42,46,47). The molecule has 4 aliphatic rings. The van der Waals surface area contributed by atoms with Gasteiger partial charge in [-0.25, -0.2) is 9.97 Å². The molecule has 3 saturated heterocycles. The SMILES string of the molecule is CC1=C(Nc2ncc(C3COC3)cn2)CC1c1ccc(CN2CCC(c3ccc(C)c(CN(C=O)C4CCC(=O)NC4=O)c3)CC2)cc1. The number of imide groups is 1. The third-order valence-electron chi connectivity index (χ3n) is 10.8. The molecule has 3 aliphatic heterocycles. The van der Waals surface area contributed by atoms with Crippen molar-refractivity contribution in [3.8, 4) is 0 Å². The van der Waals surface area contributed by atoms with E-state index in [1.807, 2.05) is 19.3 Å². The number of hydrogen-bond acceptors (Lipinski definition) is 8. The molecule has 2 N–H and O–H groups in total. The quantitative estimate of drug-likeness (QED) is 0.223. The lowest BCUT2D eigenvalue weighted by Gasteiger charge is -2.34. The van der Waals surface area contributed by atoms with Gasteiger partial charge in [0.1, 0.15) is 6.04 Å². The van der Waals surface area contributed by atoms with Crippen LogP contribution in [0, 0.1) is 6.92 Å². The summed E-state index contributed by atoms with van der Waals surface area (Å²) < 4.78 is 5.27. The van der Waals surface area contributed by atoms with Gasteiger partial charge < -0.3 is 15.0 Å². The van der Waals surface area contributed by atoms with Crippen LogP contribution in [0.3, 0.4) is 0 Å². The topological polar surface area (TPSA) is 117 Å². The Kier molecular flexibility index (Phi) is 9.36. The molecule has 0 saturated carbocycles. The van der Waals surface area contributed by atoms with E-state index in [-0.39, 0.29) is 18.2 Å². The van der Waals surface area contributed by atoms with Crippen LogP contribution in [0.5, 0.6) is 0 Å². The molecule has 0 spiro atoms.